The van der Waals surface area contributed by atoms with E-state index in [9.17, 15) is 14.4 Å². The molecule has 0 aliphatic rings. The van der Waals surface area contributed by atoms with E-state index in [0.717, 1.165) is 23.1 Å². The van der Waals surface area contributed by atoms with Gasteiger partial charge >= 0.3 is 11.9 Å². The summed E-state index contributed by atoms with van der Waals surface area (Å²) in [4.78, 5) is 37.7. The number of para-hydroxylation sites is 1. The van der Waals surface area contributed by atoms with Crippen molar-refractivity contribution in [3.05, 3.63) is 51.1 Å². The van der Waals surface area contributed by atoms with Gasteiger partial charge in [0.25, 0.3) is 0 Å². The minimum absolute atomic E-state index is 0.00863. The number of carbonyl (C=O) groups is 3. The molecule has 0 aliphatic heterocycles. The molecule has 0 aliphatic carbocycles. The van der Waals surface area contributed by atoms with Gasteiger partial charge in [0.1, 0.15) is 22.2 Å². The molecule has 0 saturated carbocycles. The van der Waals surface area contributed by atoms with Crippen LogP contribution >= 0.6 is 34.7 Å². The molecule has 2 aromatic heterocycles. The van der Waals surface area contributed by atoms with Crippen LogP contribution in [0, 0.1) is 6.92 Å². The number of rotatable bonds is 11. The first-order valence-electron chi connectivity index (χ1n) is 10.9. The van der Waals surface area contributed by atoms with E-state index < -0.39 is 11.9 Å². The molecule has 3 aromatic rings. The van der Waals surface area contributed by atoms with E-state index in [1.807, 2.05) is 12.1 Å². The topological polar surface area (TPSA) is 122 Å². The van der Waals surface area contributed by atoms with Crippen molar-refractivity contribution in [1.82, 2.24) is 14.8 Å². The SMILES string of the molecule is CCOC(=O)c1sc(NC(=O)CSc2nnc(COc3ccccc3Cl)n2C)c(C(=O)OCC)c1C. The number of halogens is 1. The number of carbonyl (C=O) groups excluding carboxylic acids is 3. The molecule has 2 heterocycles. The lowest BCUT2D eigenvalue weighted by Gasteiger charge is -2.08. The van der Waals surface area contributed by atoms with Gasteiger partial charge in [-0.1, -0.05) is 35.5 Å². The van der Waals surface area contributed by atoms with Crippen molar-refractivity contribution in [3.63, 3.8) is 0 Å². The predicted octanol–water partition coefficient (Wildman–Crippen LogP) is 4.50. The molecule has 1 amide bonds. The van der Waals surface area contributed by atoms with Crippen LogP contribution in [0.2, 0.25) is 5.02 Å². The lowest BCUT2D eigenvalue weighted by atomic mass is 10.1. The largest absolute Gasteiger partial charge is 0.484 e. The molecule has 192 valence electrons. The highest BCUT2D eigenvalue weighted by atomic mass is 35.5. The fourth-order valence-corrected chi connectivity index (χ4v) is 5.06. The Balaban J connectivity index is 1.67. The van der Waals surface area contributed by atoms with Crippen LogP contribution < -0.4 is 10.1 Å². The molecule has 3 rings (SSSR count). The number of hydrogen-bond acceptors (Lipinski definition) is 10. The van der Waals surface area contributed by atoms with Gasteiger partial charge in [-0.25, -0.2) is 9.59 Å². The number of anilines is 1. The number of thiophene rings is 1. The van der Waals surface area contributed by atoms with Crippen LogP contribution in [0.25, 0.3) is 0 Å². The minimum atomic E-state index is -0.624. The zero-order valence-corrected chi connectivity index (χ0v) is 22.5. The monoisotopic (exact) mass is 552 g/mol. The zero-order valence-electron chi connectivity index (χ0n) is 20.1. The fraction of sp³-hybridized carbons (Fsp3) is 0.348. The molecule has 36 heavy (non-hydrogen) atoms. The van der Waals surface area contributed by atoms with E-state index >= 15 is 0 Å². The smallest absolute Gasteiger partial charge is 0.348 e. The minimum Gasteiger partial charge on any atom is -0.484 e. The van der Waals surface area contributed by atoms with Gasteiger partial charge in [-0.3, -0.25) is 4.79 Å². The molecule has 0 spiro atoms. The first kappa shape index (κ1) is 27.5. The second-order valence-corrected chi connectivity index (χ2v) is 9.59. The molecular formula is C23H25ClN4O6S2. The summed E-state index contributed by atoms with van der Waals surface area (Å²) in [6, 6.07) is 7.10. The van der Waals surface area contributed by atoms with Gasteiger partial charge in [0.15, 0.2) is 11.0 Å². The van der Waals surface area contributed by atoms with Crippen LogP contribution in [0.15, 0.2) is 29.4 Å². The number of hydrogen-bond donors (Lipinski definition) is 1. The highest BCUT2D eigenvalue weighted by Gasteiger charge is 2.27. The Morgan fingerprint density at radius 3 is 2.50 bits per heavy atom. The number of ether oxygens (including phenoxy) is 3. The Morgan fingerprint density at radius 1 is 1.11 bits per heavy atom. The number of esters is 2. The molecule has 0 saturated heterocycles. The molecule has 10 nitrogen and oxygen atoms in total. The summed E-state index contributed by atoms with van der Waals surface area (Å²) in [5, 5.41) is 12.2. The molecule has 0 bridgehead atoms. The number of nitrogens with one attached hydrogen (secondary N) is 1. The van der Waals surface area contributed by atoms with Crippen molar-refractivity contribution in [2.24, 2.45) is 7.05 Å². The lowest BCUT2D eigenvalue weighted by Crippen LogP contribution is -2.17. The van der Waals surface area contributed by atoms with Crippen molar-refractivity contribution < 1.29 is 28.6 Å². The quantitative estimate of drug-likeness (QED) is 0.270. The standard InChI is InChI=1S/C23H25ClN4O6S2/c1-5-32-21(30)18-13(3)19(22(31)33-6-2)36-20(18)25-17(29)12-35-23-27-26-16(28(23)4)11-34-15-10-8-7-9-14(15)24/h7-10H,5-6,11-12H2,1-4H3,(H,25,29). The average molecular weight is 553 g/mol. The Kier molecular flexibility index (Phi) is 9.73. The van der Waals surface area contributed by atoms with Crippen molar-refractivity contribution in [2.75, 3.05) is 24.3 Å². The van der Waals surface area contributed by atoms with Gasteiger partial charge in [-0.15, -0.1) is 21.5 Å². The van der Waals surface area contributed by atoms with Crippen LogP contribution in [0.3, 0.4) is 0 Å². The third kappa shape index (κ3) is 6.56. The van der Waals surface area contributed by atoms with Gasteiger partial charge < -0.3 is 24.1 Å². The summed E-state index contributed by atoms with van der Waals surface area (Å²) in [5.41, 5.74) is 0.539. The number of aromatic nitrogens is 3. The van der Waals surface area contributed by atoms with E-state index in [1.54, 1.807) is 44.5 Å². The molecule has 0 unspecified atom stereocenters. The van der Waals surface area contributed by atoms with Gasteiger partial charge in [-0.05, 0) is 38.5 Å². The van der Waals surface area contributed by atoms with Crippen LogP contribution in [0.5, 0.6) is 5.75 Å². The first-order valence-corrected chi connectivity index (χ1v) is 13.1. The summed E-state index contributed by atoms with van der Waals surface area (Å²) < 4.78 is 17.6. The summed E-state index contributed by atoms with van der Waals surface area (Å²) in [6.45, 7) is 5.47. The number of thioether (sulfide) groups is 1. The average Bonchev–Trinajstić information content (AvgIpc) is 3.36. The van der Waals surface area contributed by atoms with Crippen molar-refractivity contribution in [3.8, 4) is 5.75 Å². The fourth-order valence-electron chi connectivity index (χ4n) is 3.04. The molecule has 0 atom stereocenters. The van der Waals surface area contributed by atoms with Crippen LogP contribution in [0.1, 0.15) is 45.3 Å². The number of amides is 1. The maximum Gasteiger partial charge on any atom is 0.348 e. The van der Waals surface area contributed by atoms with E-state index in [4.69, 9.17) is 25.8 Å². The van der Waals surface area contributed by atoms with Crippen molar-refractivity contribution in [1.29, 1.82) is 0 Å². The van der Waals surface area contributed by atoms with Crippen molar-refractivity contribution in [2.45, 2.75) is 32.5 Å². The molecule has 1 N–H and O–H groups in total. The molecule has 0 fully saturated rings. The second kappa shape index (κ2) is 12.7. The van der Waals surface area contributed by atoms with E-state index in [1.165, 1.54) is 0 Å². The Labute approximate surface area is 221 Å². The summed E-state index contributed by atoms with van der Waals surface area (Å²) in [5.74, 6) is -0.506. The summed E-state index contributed by atoms with van der Waals surface area (Å²) in [6.07, 6.45) is 0. The lowest BCUT2D eigenvalue weighted by molar-refractivity contribution is -0.113. The predicted molar refractivity (Wildman–Crippen MR) is 137 cm³/mol. The highest BCUT2D eigenvalue weighted by molar-refractivity contribution is 7.99. The van der Waals surface area contributed by atoms with Crippen LogP contribution in [-0.4, -0.2) is 51.6 Å². The second-order valence-electron chi connectivity index (χ2n) is 7.22. The molecule has 13 heteroatoms. The van der Waals surface area contributed by atoms with Crippen LogP contribution in [0.4, 0.5) is 5.00 Å². The Morgan fingerprint density at radius 2 is 1.81 bits per heavy atom. The number of nitrogens with zero attached hydrogens (tertiary/aromatic N) is 3. The van der Waals surface area contributed by atoms with Gasteiger partial charge in [-0.2, -0.15) is 0 Å². The van der Waals surface area contributed by atoms with E-state index in [0.29, 0.717) is 27.3 Å². The summed E-state index contributed by atoms with van der Waals surface area (Å²) >= 11 is 8.25. The normalized spacial score (nSPS) is 10.7. The van der Waals surface area contributed by atoms with E-state index in [2.05, 4.69) is 15.5 Å². The summed E-state index contributed by atoms with van der Waals surface area (Å²) in [7, 11) is 1.76. The third-order valence-electron chi connectivity index (χ3n) is 4.79. The highest BCUT2D eigenvalue weighted by Crippen LogP contribution is 2.34. The van der Waals surface area contributed by atoms with Gasteiger partial charge in [0, 0.05) is 7.05 Å². The molecular weight excluding hydrogens is 528 g/mol. The Bertz CT molecular complexity index is 1260. The van der Waals surface area contributed by atoms with Gasteiger partial charge in [0.2, 0.25) is 5.91 Å². The zero-order chi connectivity index (χ0) is 26.2. The molecule has 1 aromatic carbocycles. The third-order valence-corrected chi connectivity index (χ3v) is 7.31. The molecule has 0 radical (unpaired) electrons. The van der Waals surface area contributed by atoms with Crippen molar-refractivity contribution >= 4 is 57.5 Å². The van der Waals surface area contributed by atoms with E-state index in [-0.39, 0.29) is 46.9 Å². The van der Waals surface area contributed by atoms with Gasteiger partial charge in [0.05, 0.1) is 29.6 Å². The maximum absolute atomic E-state index is 12.7. The first-order chi connectivity index (χ1) is 17.3. The van der Waals surface area contributed by atoms with Crippen LogP contribution in [-0.2, 0) is 27.9 Å². The Hall–Kier alpha value is -3.09. The number of benzene rings is 1. The maximum atomic E-state index is 12.7.